The van der Waals surface area contributed by atoms with Crippen LogP contribution in [0.1, 0.15) is 26.7 Å². The molecule has 0 heterocycles. The molecular formula is C6H15O4P. The second kappa shape index (κ2) is 9.98. The first-order chi connectivity index (χ1) is 5.20. The Hall–Kier alpha value is -0.0200. The van der Waals surface area contributed by atoms with E-state index in [1.165, 1.54) is 0 Å². The fraction of sp³-hybridized carbons (Fsp3) is 1.00. The first kappa shape index (κ1) is 13.6. The van der Waals surface area contributed by atoms with E-state index in [0.29, 0.717) is 12.8 Å². The molecule has 68 valence electrons. The minimum absolute atomic E-state index is 0.511. The molecule has 11 heavy (non-hydrogen) atoms. The van der Waals surface area contributed by atoms with Crippen LogP contribution in [0.2, 0.25) is 0 Å². The topological polar surface area (TPSA) is 66.8 Å². The van der Waals surface area contributed by atoms with Crippen LogP contribution in [0.5, 0.6) is 0 Å². The van der Waals surface area contributed by atoms with E-state index < -0.39 is 12.6 Å². The van der Waals surface area contributed by atoms with Crippen molar-refractivity contribution in [3.05, 3.63) is 0 Å². The molecule has 0 aliphatic heterocycles. The summed E-state index contributed by atoms with van der Waals surface area (Å²) in [6, 6.07) is 0. The number of aliphatic hydroxyl groups excluding tert-OH is 2. The van der Waals surface area contributed by atoms with Gasteiger partial charge >= 0.3 is 0 Å². The summed E-state index contributed by atoms with van der Waals surface area (Å²) in [6.07, 6.45) is -0.617. The highest BCUT2D eigenvalue weighted by atomic mass is 31.0. The van der Waals surface area contributed by atoms with E-state index in [9.17, 15) is 0 Å². The summed E-state index contributed by atoms with van der Waals surface area (Å²) >= 11 is 0. The van der Waals surface area contributed by atoms with Crippen molar-refractivity contribution in [2.75, 3.05) is 0 Å². The van der Waals surface area contributed by atoms with Crippen LogP contribution in [0.25, 0.3) is 0 Å². The lowest BCUT2D eigenvalue weighted by atomic mass is 10.4. The maximum Gasteiger partial charge on any atom is 0.157 e. The third-order valence-corrected chi connectivity index (χ3v) is 1.01. The van der Waals surface area contributed by atoms with E-state index in [0.717, 1.165) is 0 Å². The second-order valence-corrected chi connectivity index (χ2v) is 1.86. The molecule has 2 atom stereocenters. The zero-order valence-corrected chi connectivity index (χ0v) is 7.78. The Bertz CT molecular complexity index is 73.0. The van der Waals surface area contributed by atoms with Crippen LogP contribution in [-0.4, -0.2) is 22.8 Å². The molecule has 0 saturated carbocycles. The van der Waals surface area contributed by atoms with Gasteiger partial charge in [-0.3, -0.25) is 4.57 Å². The fourth-order valence-electron chi connectivity index (χ4n) is 0.374. The molecule has 0 fully saturated rings. The summed E-state index contributed by atoms with van der Waals surface area (Å²) in [5, 5.41) is 17.6. The molecule has 2 unspecified atom stereocenters. The minimum atomic E-state index is -0.819. The summed E-state index contributed by atoms with van der Waals surface area (Å²) in [6.45, 7) is 3.57. The van der Waals surface area contributed by atoms with Gasteiger partial charge in [-0.05, 0) is 12.8 Å². The van der Waals surface area contributed by atoms with E-state index in [2.05, 4.69) is 4.74 Å². The molecule has 0 radical (unpaired) electrons. The average Bonchev–Trinajstić information content (AvgIpc) is 2.07. The Kier molecular flexibility index (Phi) is 12.3. The highest BCUT2D eigenvalue weighted by Gasteiger charge is 2.05. The second-order valence-electron chi connectivity index (χ2n) is 1.86. The number of rotatable bonds is 4. The van der Waals surface area contributed by atoms with Crippen molar-refractivity contribution in [3.63, 3.8) is 0 Å². The van der Waals surface area contributed by atoms with E-state index in [1.54, 1.807) is 23.0 Å². The van der Waals surface area contributed by atoms with Gasteiger partial charge in [-0.1, -0.05) is 13.8 Å². The van der Waals surface area contributed by atoms with Crippen molar-refractivity contribution in [1.82, 2.24) is 0 Å². The number of hydrogen-bond donors (Lipinski definition) is 2. The van der Waals surface area contributed by atoms with Crippen LogP contribution in [0.15, 0.2) is 0 Å². The Labute approximate surface area is 68.8 Å². The molecule has 4 nitrogen and oxygen atoms in total. The lowest BCUT2D eigenvalue weighted by Crippen LogP contribution is -2.19. The molecular weight excluding hydrogens is 167 g/mol. The standard InChI is InChI=1S/C6H14O3.HOP/c1-3-5(7)9-6(8)4-2;1-2/h5-8H,3-4H2,1-2H3;2H. The van der Waals surface area contributed by atoms with E-state index in [-0.39, 0.29) is 0 Å². The summed E-state index contributed by atoms with van der Waals surface area (Å²) in [5.41, 5.74) is 0. The van der Waals surface area contributed by atoms with Crippen LogP contribution in [-0.2, 0) is 9.30 Å². The van der Waals surface area contributed by atoms with Gasteiger partial charge in [0.05, 0.1) is 0 Å². The third kappa shape index (κ3) is 9.98. The summed E-state index contributed by atoms with van der Waals surface area (Å²) in [5.74, 6) is 0. The average molecular weight is 182 g/mol. The lowest BCUT2D eigenvalue weighted by molar-refractivity contribution is -0.208. The first-order valence-corrected chi connectivity index (χ1v) is 3.83. The van der Waals surface area contributed by atoms with E-state index >= 15 is 0 Å². The quantitative estimate of drug-likeness (QED) is 0.501. The fourth-order valence-corrected chi connectivity index (χ4v) is 0.374. The van der Waals surface area contributed by atoms with Crippen molar-refractivity contribution in [2.24, 2.45) is 0 Å². The summed E-state index contributed by atoms with van der Waals surface area (Å²) < 4.78 is 12.7. The smallest absolute Gasteiger partial charge is 0.157 e. The van der Waals surface area contributed by atoms with E-state index in [1.807, 2.05) is 0 Å². The monoisotopic (exact) mass is 182 g/mol. The largest absolute Gasteiger partial charge is 0.368 e. The van der Waals surface area contributed by atoms with Gasteiger partial charge in [-0.15, -0.1) is 0 Å². The van der Waals surface area contributed by atoms with Crippen LogP contribution in [0, 0.1) is 0 Å². The van der Waals surface area contributed by atoms with Gasteiger partial charge in [-0.25, -0.2) is 0 Å². The Morgan fingerprint density at radius 1 is 1.18 bits per heavy atom. The lowest BCUT2D eigenvalue weighted by Gasteiger charge is -2.13. The first-order valence-electron chi connectivity index (χ1n) is 3.42. The van der Waals surface area contributed by atoms with Gasteiger partial charge in [0.15, 0.2) is 12.6 Å². The molecule has 0 amide bonds. The number of hydrogen-bond acceptors (Lipinski definition) is 4. The van der Waals surface area contributed by atoms with Crippen molar-refractivity contribution in [2.45, 2.75) is 39.3 Å². The molecule has 0 aromatic heterocycles. The Morgan fingerprint density at radius 3 is 1.64 bits per heavy atom. The summed E-state index contributed by atoms with van der Waals surface area (Å²) in [4.78, 5) is 0. The van der Waals surface area contributed by atoms with Gasteiger partial charge in [0.25, 0.3) is 0 Å². The minimum Gasteiger partial charge on any atom is -0.368 e. The number of ether oxygens (including phenoxy) is 1. The molecule has 0 aliphatic rings. The van der Waals surface area contributed by atoms with Crippen LogP contribution in [0.3, 0.4) is 0 Å². The molecule has 0 aliphatic carbocycles. The maximum absolute atomic E-state index is 8.78. The highest BCUT2D eigenvalue weighted by Crippen LogP contribution is 1.99. The predicted molar refractivity (Wildman–Crippen MR) is 42.7 cm³/mol. The molecule has 5 heteroatoms. The zero-order chi connectivity index (χ0) is 9.28. The highest BCUT2D eigenvalue weighted by molar-refractivity contribution is 7.00. The normalized spacial score (nSPS) is 14.5. The molecule has 0 aromatic carbocycles. The van der Waals surface area contributed by atoms with Crippen molar-refractivity contribution in [3.8, 4) is 0 Å². The van der Waals surface area contributed by atoms with Crippen molar-refractivity contribution in [1.29, 1.82) is 0 Å². The number of aliphatic hydroxyl groups is 2. The maximum atomic E-state index is 8.78. The van der Waals surface area contributed by atoms with Crippen molar-refractivity contribution < 1.29 is 19.5 Å². The van der Waals surface area contributed by atoms with Gasteiger partial charge in [0, 0.05) is 0 Å². The molecule has 2 N–H and O–H groups in total. The van der Waals surface area contributed by atoms with Crippen molar-refractivity contribution >= 4 is 9.12 Å². The molecule has 0 bridgehead atoms. The molecule has 0 saturated heterocycles. The van der Waals surface area contributed by atoms with Crippen LogP contribution >= 0.6 is 9.12 Å². The van der Waals surface area contributed by atoms with Gasteiger partial charge in [0.1, 0.15) is 9.12 Å². The SMILES string of the molecule is CCC(O)OC(O)CC.O=P. The molecule has 0 rings (SSSR count). The summed E-state index contributed by atoms with van der Waals surface area (Å²) in [7, 11) is 1.72. The Balaban J connectivity index is 0. The molecule has 0 aromatic rings. The van der Waals surface area contributed by atoms with E-state index in [4.69, 9.17) is 14.8 Å². The molecule has 0 spiro atoms. The van der Waals surface area contributed by atoms with Crippen LogP contribution in [0.4, 0.5) is 0 Å². The Morgan fingerprint density at radius 2 is 1.45 bits per heavy atom. The zero-order valence-electron chi connectivity index (χ0n) is 6.78. The van der Waals surface area contributed by atoms with Gasteiger partial charge in [-0.2, -0.15) is 0 Å². The predicted octanol–water partition coefficient (Wildman–Crippen LogP) is 0.934. The van der Waals surface area contributed by atoms with Crippen LogP contribution < -0.4 is 0 Å². The van der Waals surface area contributed by atoms with Gasteiger partial charge < -0.3 is 14.9 Å². The third-order valence-electron chi connectivity index (χ3n) is 1.01. The van der Waals surface area contributed by atoms with Gasteiger partial charge in [0.2, 0.25) is 0 Å².